The molecule has 1 saturated heterocycles. The second kappa shape index (κ2) is 24.5. The van der Waals surface area contributed by atoms with Crippen molar-refractivity contribution < 1.29 is 89.8 Å². The van der Waals surface area contributed by atoms with Gasteiger partial charge in [-0.25, -0.2) is 18.5 Å². The fraction of sp³-hybridized carbons (Fsp3) is 0.731. The zero-order valence-corrected chi connectivity index (χ0v) is 31.7. The van der Waals surface area contributed by atoms with Gasteiger partial charge in [0.15, 0.2) is 6.23 Å². The molecule has 1 amide bonds. The van der Waals surface area contributed by atoms with Gasteiger partial charge in [0.25, 0.3) is 5.56 Å². The number of aromatic nitrogens is 2. The van der Waals surface area contributed by atoms with Crippen molar-refractivity contribution in [3.05, 3.63) is 38.7 Å². The number of nitrogens with one attached hydrogen (secondary N) is 3. The summed E-state index contributed by atoms with van der Waals surface area (Å²) >= 11 is 0. The number of rotatable bonds is 29. The number of phosphoric ester groups is 1. The molecule has 25 nitrogen and oxygen atoms in total. The summed E-state index contributed by atoms with van der Waals surface area (Å²) in [5, 5.41) is 26.4. The largest absolute Gasteiger partial charge is 0.490 e. The van der Waals surface area contributed by atoms with Crippen LogP contribution in [0.5, 0.6) is 0 Å². The topological polar surface area (TPSA) is 352 Å². The molecule has 0 aliphatic carbocycles. The van der Waals surface area contributed by atoms with Crippen LogP contribution in [0.3, 0.4) is 0 Å². The third-order valence-electron chi connectivity index (χ3n) is 6.60. The first-order chi connectivity index (χ1) is 25.4. The van der Waals surface area contributed by atoms with E-state index in [4.69, 9.17) is 38.2 Å². The van der Waals surface area contributed by atoms with Crippen molar-refractivity contribution >= 4 is 35.5 Å². The van der Waals surface area contributed by atoms with E-state index in [0.717, 1.165) is 12.7 Å². The number of hydrogen-bond acceptors (Lipinski definition) is 18. The van der Waals surface area contributed by atoms with Gasteiger partial charge in [-0.1, -0.05) is 12.2 Å². The molecule has 2 rings (SSSR count). The maximum atomic E-state index is 12.5. The highest BCUT2D eigenvalue weighted by Crippen LogP contribution is 2.66. The lowest BCUT2D eigenvalue weighted by Crippen LogP contribution is -2.38. The number of phosphoric acid groups is 3. The summed E-state index contributed by atoms with van der Waals surface area (Å²) in [6.07, 6.45) is -3.54. The minimum Gasteiger partial charge on any atom is -0.387 e. The van der Waals surface area contributed by atoms with Crippen molar-refractivity contribution in [3.63, 3.8) is 0 Å². The number of amides is 1. The quantitative estimate of drug-likeness (QED) is 0.0293. The van der Waals surface area contributed by atoms with Crippen molar-refractivity contribution in [2.24, 2.45) is 0 Å². The summed E-state index contributed by atoms with van der Waals surface area (Å²) in [6.45, 7) is 3.56. The highest BCUT2D eigenvalue weighted by Gasteiger charge is 2.47. The van der Waals surface area contributed by atoms with Crippen molar-refractivity contribution in [1.82, 2.24) is 20.2 Å². The average molecular weight is 845 g/mol. The van der Waals surface area contributed by atoms with Crippen LogP contribution < -0.4 is 21.9 Å². The fourth-order valence-electron chi connectivity index (χ4n) is 4.14. The van der Waals surface area contributed by atoms with Crippen LogP contribution in [0.4, 0.5) is 0 Å². The maximum absolute atomic E-state index is 12.5. The van der Waals surface area contributed by atoms with Gasteiger partial charge >= 0.3 is 29.2 Å². The summed E-state index contributed by atoms with van der Waals surface area (Å²) in [5.74, 6) is -0.363. The van der Waals surface area contributed by atoms with Gasteiger partial charge in [-0.15, -0.1) is 0 Å². The predicted molar refractivity (Wildman–Crippen MR) is 182 cm³/mol. The van der Waals surface area contributed by atoms with Gasteiger partial charge in [0, 0.05) is 25.7 Å². The van der Waals surface area contributed by atoms with Crippen LogP contribution in [0, 0.1) is 0 Å². The van der Waals surface area contributed by atoms with Gasteiger partial charge < -0.3 is 68.8 Å². The predicted octanol–water partition coefficient (Wildman–Crippen LogP) is -2.68. The van der Waals surface area contributed by atoms with E-state index >= 15 is 0 Å². The number of H-pyrrole nitrogens is 1. The van der Waals surface area contributed by atoms with Gasteiger partial charge in [-0.05, 0) is 7.05 Å². The maximum Gasteiger partial charge on any atom is 0.490 e. The van der Waals surface area contributed by atoms with Crippen molar-refractivity contribution in [1.29, 1.82) is 0 Å². The molecule has 9 N–H and O–H groups in total. The Morgan fingerprint density at radius 1 is 0.852 bits per heavy atom. The molecular weight excluding hydrogens is 797 g/mol. The molecule has 2 heterocycles. The first-order valence-corrected chi connectivity index (χ1v) is 20.6. The Kier molecular flexibility index (Phi) is 21.9. The molecule has 0 bridgehead atoms. The van der Waals surface area contributed by atoms with E-state index in [1.54, 1.807) is 0 Å². The van der Waals surface area contributed by atoms with Crippen LogP contribution >= 0.6 is 23.5 Å². The van der Waals surface area contributed by atoms with Crippen LogP contribution in [0.2, 0.25) is 0 Å². The normalized spacial score (nSPS) is 21.3. The van der Waals surface area contributed by atoms with E-state index in [2.05, 4.69) is 23.8 Å². The number of aromatic amines is 1. The van der Waals surface area contributed by atoms with Crippen LogP contribution in [0.15, 0.2) is 21.9 Å². The Morgan fingerprint density at radius 3 is 1.96 bits per heavy atom. The number of hydrogen-bond donors (Lipinski definition) is 9. The molecule has 1 aliphatic heterocycles. The molecule has 0 radical (unpaired) electrons. The lowest BCUT2D eigenvalue weighted by molar-refractivity contribution is -0.122. The Hall–Kier alpha value is -2.06. The first kappa shape index (κ1) is 48.1. The highest BCUT2D eigenvalue weighted by molar-refractivity contribution is 7.66. The summed E-state index contributed by atoms with van der Waals surface area (Å²) < 4.78 is 78.7. The smallest absolute Gasteiger partial charge is 0.387 e. The number of nitrogens with zero attached hydrogens (tertiary/aromatic N) is 1. The molecule has 2 unspecified atom stereocenters. The van der Waals surface area contributed by atoms with Crippen molar-refractivity contribution in [3.8, 4) is 0 Å². The zero-order valence-electron chi connectivity index (χ0n) is 29.0. The number of aliphatic hydroxyl groups is 2. The molecule has 28 heteroatoms. The van der Waals surface area contributed by atoms with Crippen LogP contribution in [-0.4, -0.2) is 156 Å². The highest BCUT2D eigenvalue weighted by atomic mass is 31.3. The Morgan fingerprint density at radius 2 is 1.41 bits per heavy atom. The van der Waals surface area contributed by atoms with E-state index in [1.807, 2.05) is 12.0 Å². The Balaban J connectivity index is 1.69. The minimum atomic E-state index is -5.82. The van der Waals surface area contributed by atoms with Crippen molar-refractivity contribution in [2.45, 2.75) is 31.0 Å². The van der Waals surface area contributed by atoms with Crippen molar-refractivity contribution in [2.75, 3.05) is 92.8 Å². The first-order valence-electron chi connectivity index (χ1n) is 16.1. The van der Waals surface area contributed by atoms with Crippen LogP contribution in [0.1, 0.15) is 18.2 Å². The number of ether oxygens (including phenoxy) is 6. The monoisotopic (exact) mass is 844 g/mol. The number of carbonyl (C=O) groups is 1. The number of likely N-dealkylation sites (N-methyl/N-ethyl adjacent to an activating group) is 1. The molecule has 1 aliphatic rings. The van der Waals surface area contributed by atoms with E-state index in [-0.39, 0.29) is 37.6 Å². The molecular formula is C26H47N4O21P3. The van der Waals surface area contributed by atoms with E-state index in [1.165, 1.54) is 12.2 Å². The van der Waals surface area contributed by atoms with Gasteiger partial charge in [0.05, 0.1) is 78.2 Å². The molecule has 0 spiro atoms. The molecule has 0 aromatic carbocycles. The van der Waals surface area contributed by atoms with Gasteiger partial charge in [0.2, 0.25) is 5.91 Å². The van der Waals surface area contributed by atoms with Crippen LogP contribution in [0.25, 0.3) is 6.08 Å². The lowest BCUT2D eigenvalue weighted by Gasteiger charge is -2.19. The molecule has 312 valence electrons. The third-order valence-corrected chi connectivity index (χ3v) is 10.4. The summed E-state index contributed by atoms with van der Waals surface area (Å²) in [7, 11) is -15.2. The van der Waals surface area contributed by atoms with E-state index in [0.29, 0.717) is 57.4 Å². The molecule has 1 aromatic rings. The Bertz CT molecular complexity index is 1570. The summed E-state index contributed by atoms with van der Waals surface area (Å²) in [5.41, 5.74) is -2.09. The minimum absolute atomic E-state index is 0.0278. The molecule has 6 atom stereocenters. The van der Waals surface area contributed by atoms with E-state index in [9.17, 15) is 48.1 Å². The molecule has 0 saturated carbocycles. The van der Waals surface area contributed by atoms with Crippen LogP contribution in [-0.2, 0) is 60.1 Å². The molecule has 1 fully saturated rings. The van der Waals surface area contributed by atoms with E-state index < -0.39 is 65.9 Å². The van der Waals surface area contributed by atoms with Gasteiger partial charge in [-0.2, -0.15) is 8.62 Å². The second-order valence-electron chi connectivity index (χ2n) is 10.8. The molecule has 1 aromatic heterocycles. The van der Waals surface area contributed by atoms with Gasteiger partial charge in [0.1, 0.15) is 18.3 Å². The number of aliphatic hydroxyl groups excluding tert-OH is 2. The fourth-order valence-corrected chi connectivity index (χ4v) is 7.17. The number of carbonyl (C=O) groups excluding carboxylic acids is 1. The second-order valence-corrected chi connectivity index (χ2v) is 15.2. The SMILES string of the molecule is CNCCOCCOCCOCCOCCOCCC(=O)NC/C=C/c1cn([C@@H]2O[C@H](COP(=O)(O)OP(=O)(O)OP(=O)(O)O)[C@@H](O)[C@H]2O)c(=O)[nH]c1=O. The lowest BCUT2D eigenvalue weighted by atomic mass is 10.1. The Labute approximate surface area is 307 Å². The summed E-state index contributed by atoms with van der Waals surface area (Å²) in [6, 6.07) is 0. The summed E-state index contributed by atoms with van der Waals surface area (Å²) in [4.78, 5) is 75.0. The zero-order chi connectivity index (χ0) is 40.2. The third kappa shape index (κ3) is 19.7. The standard InChI is InChI=1S/C26H47N4O21P3/c1-27-6-8-44-10-12-46-14-16-47-15-13-45-11-9-43-7-4-21(31)28-5-2-3-19-17-30(26(35)29-24(19)34)25-23(33)22(32)20(49-25)18-48-53(39,40)51-54(41,42)50-52(36,37)38/h2-3,17,20,22-23,25,27,32-33H,4-16,18H2,1H3,(H,28,31)(H,39,40)(H,41,42)(H,29,34,35)(H2,36,37,38)/b3-2+/t20-,22-,23-,25-/m1/s1. The molecule has 54 heavy (non-hydrogen) atoms. The van der Waals surface area contributed by atoms with Gasteiger partial charge in [-0.3, -0.25) is 23.7 Å². The average Bonchev–Trinajstić information content (AvgIpc) is 3.35.